The highest BCUT2D eigenvalue weighted by Gasteiger charge is 2.26. The van der Waals surface area contributed by atoms with Crippen LogP contribution in [-0.2, 0) is 0 Å². The molecule has 0 aliphatic heterocycles. The Morgan fingerprint density at radius 2 is 1.89 bits per heavy atom. The van der Waals surface area contributed by atoms with Gasteiger partial charge in [0.15, 0.2) is 5.82 Å². The predicted octanol–water partition coefficient (Wildman–Crippen LogP) is 4.64. The van der Waals surface area contributed by atoms with Gasteiger partial charge < -0.3 is 0 Å². The average Bonchev–Trinajstić information content (AvgIpc) is 3.16. The molecule has 0 spiro atoms. The normalized spacial score (nSPS) is 14.8. The maximum Gasteiger partial charge on any atom is 0.161 e. The minimum absolute atomic E-state index is 0.499. The summed E-state index contributed by atoms with van der Waals surface area (Å²) < 4.78 is 0. The van der Waals surface area contributed by atoms with Crippen molar-refractivity contribution in [1.82, 2.24) is 9.97 Å². The number of hydrogen-bond acceptors (Lipinski definition) is 2. The topological polar surface area (TPSA) is 25.8 Å². The molecule has 0 atom stereocenters. The summed E-state index contributed by atoms with van der Waals surface area (Å²) in [6.45, 7) is 1.97. The first kappa shape index (κ1) is 11.9. The van der Waals surface area contributed by atoms with E-state index >= 15 is 0 Å². The van der Waals surface area contributed by atoms with E-state index in [9.17, 15) is 0 Å². The lowest BCUT2D eigenvalue weighted by atomic mass is 10.1. The lowest BCUT2D eigenvalue weighted by Crippen LogP contribution is -1.95. The van der Waals surface area contributed by atoms with Gasteiger partial charge in [0.2, 0.25) is 0 Å². The SMILES string of the molecule is Cc1ccc(-c2nc(Cl)cc(C3CC3)n2)cc1Cl. The molecule has 1 heterocycles. The summed E-state index contributed by atoms with van der Waals surface area (Å²) in [4.78, 5) is 8.86. The molecule has 1 aliphatic carbocycles. The van der Waals surface area contributed by atoms with Gasteiger partial charge in [-0.25, -0.2) is 9.97 Å². The second kappa shape index (κ2) is 4.52. The Hall–Kier alpha value is -1.12. The lowest BCUT2D eigenvalue weighted by Gasteiger charge is -2.06. The zero-order valence-electron chi connectivity index (χ0n) is 9.95. The molecule has 1 aromatic carbocycles. The van der Waals surface area contributed by atoms with Crippen LogP contribution in [0.1, 0.15) is 30.0 Å². The molecular weight excluding hydrogens is 267 g/mol. The molecule has 1 aliphatic rings. The Bertz CT molecular complexity index is 607. The predicted molar refractivity (Wildman–Crippen MR) is 74.2 cm³/mol. The third kappa shape index (κ3) is 2.36. The Kier molecular flexibility index (Phi) is 3.00. The van der Waals surface area contributed by atoms with Gasteiger partial charge in [0.25, 0.3) is 0 Å². The van der Waals surface area contributed by atoms with Crippen LogP contribution in [0.3, 0.4) is 0 Å². The Morgan fingerprint density at radius 1 is 1.11 bits per heavy atom. The molecule has 1 saturated carbocycles. The second-order valence-electron chi connectivity index (χ2n) is 4.68. The molecule has 0 N–H and O–H groups in total. The van der Waals surface area contributed by atoms with Crippen LogP contribution in [0.4, 0.5) is 0 Å². The van der Waals surface area contributed by atoms with Crippen molar-refractivity contribution >= 4 is 23.2 Å². The van der Waals surface area contributed by atoms with Crippen molar-refractivity contribution in [1.29, 1.82) is 0 Å². The average molecular weight is 279 g/mol. The smallest absolute Gasteiger partial charge is 0.161 e. The molecule has 0 radical (unpaired) electrons. The zero-order chi connectivity index (χ0) is 12.7. The van der Waals surface area contributed by atoms with Crippen LogP contribution in [0.5, 0.6) is 0 Å². The fourth-order valence-corrected chi connectivity index (χ4v) is 2.26. The Balaban J connectivity index is 2.07. The summed E-state index contributed by atoms with van der Waals surface area (Å²) >= 11 is 12.2. The lowest BCUT2D eigenvalue weighted by molar-refractivity contribution is 0.994. The van der Waals surface area contributed by atoms with Crippen molar-refractivity contribution < 1.29 is 0 Å². The molecule has 0 bridgehead atoms. The van der Waals surface area contributed by atoms with E-state index < -0.39 is 0 Å². The Labute approximate surface area is 116 Å². The van der Waals surface area contributed by atoms with E-state index in [-0.39, 0.29) is 0 Å². The number of aryl methyl sites for hydroxylation is 1. The monoisotopic (exact) mass is 278 g/mol. The molecule has 2 aromatic rings. The minimum atomic E-state index is 0.499. The summed E-state index contributed by atoms with van der Waals surface area (Å²) in [5.74, 6) is 1.22. The van der Waals surface area contributed by atoms with Crippen molar-refractivity contribution in [2.24, 2.45) is 0 Å². The molecule has 92 valence electrons. The fraction of sp³-hybridized carbons (Fsp3) is 0.286. The van der Waals surface area contributed by atoms with Gasteiger partial charge in [-0.15, -0.1) is 0 Å². The standard InChI is InChI=1S/C14H12Cl2N2/c1-8-2-3-10(6-11(8)15)14-17-12(9-4-5-9)7-13(16)18-14/h2-3,6-7,9H,4-5H2,1H3. The van der Waals surface area contributed by atoms with Crippen LogP contribution >= 0.6 is 23.2 Å². The molecule has 18 heavy (non-hydrogen) atoms. The molecule has 1 fully saturated rings. The number of benzene rings is 1. The second-order valence-corrected chi connectivity index (χ2v) is 5.47. The van der Waals surface area contributed by atoms with Crippen LogP contribution in [0.2, 0.25) is 10.2 Å². The van der Waals surface area contributed by atoms with Gasteiger partial charge in [-0.1, -0.05) is 35.3 Å². The minimum Gasteiger partial charge on any atom is -0.233 e. The molecule has 0 amide bonds. The van der Waals surface area contributed by atoms with Crippen molar-refractivity contribution in [3.05, 3.63) is 45.7 Å². The largest absolute Gasteiger partial charge is 0.233 e. The number of hydrogen-bond donors (Lipinski definition) is 0. The summed E-state index contributed by atoms with van der Waals surface area (Å²) in [6, 6.07) is 7.69. The van der Waals surface area contributed by atoms with Gasteiger partial charge in [-0.05, 0) is 37.5 Å². The Morgan fingerprint density at radius 3 is 2.56 bits per heavy atom. The van der Waals surface area contributed by atoms with Crippen LogP contribution < -0.4 is 0 Å². The highest BCUT2D eigenvalue weighted by atomic mass is 35.5. The van der Waals surface area contributed by atoms with Gasteiger partial charge in [0, 0.05) is 22.2 Å². The molecule has 2 nitrogen and oxygen atoms in total. The van der Waals surface area contributed by atoms with E-state index in [1.165, 1.54) is 12.8 Å². The molecule has 0 unspecified atom stereocenters. The third-order valence-electron chi connectivity index (χ3n) is 3.14. The number of rotatable bonds is 2. The highest BCUT2D eigenvalue weighted by molar-refractivity contribution is 6.31. The van der Waals surface area contributed by atoms with Crippen molar-refractivity contribution in [2.75, 3.05) is 0 Å². The van der Waals surface area contributed by atoms with Crippen LogP contribution in [0.15, 0.2) is 24.3 Å². The summed E-state index contributed by atoms with van der Waals surface area (Å²) in [5, 5.41) is 1.22. The van der Waals surface area contributed by atoms with Gasteiger partial charge in [-0.2, -0.15) is 0 Å². The van der Waals surface area contributed by atoms with Crippen LogP contribution in [0.25, 0.3) is 11.4 Å². The number of aromatic nitrogens is 2. The van der Waals surface area contributed by atoms with Gasteiger partial charge >= 0.3 is 0 Å². The first-order valence-corrected chi connectivity index (χ1v) is 6.70. The number of nitrogens with zero attached hydrogens (tertiary/aromatic N) is 2. The van der Waals surface area contributed by atoms with E-state index in [0.717, 1.165) is 21.8 Å². The zero-order valence-corrected chi connectivity index (χ0v) is 11.5. The fourth-order valence-electron chi connectivity index (χ4n) is 1.88. The van der Waals surface area contributed by atoms with Crippen molar-refractivity contribution in [2.45, 2.75) is 25.7 Å². The van der Waals surface area contributed by atoms with E-state index in [1.54, 1.807) is 0 Å². The first-order chi connectivity index (χ1) is 8.63. The van der Waals surface area contributed by atoms with Gasteiger partial charge in [-0.3, -0.25) is 0 Å². The molecule has 3 rings (SSSR count). The molecular formula is C14H12Cl2N2. The summed E-state index contributed by atoms with van der Waals surface area (Å²) in [6.07, 6.45) is 2.39. The van der Waals surface area contributed by atoms with E-state index in [2.05, 4.69) is 9.97 Å². The molecule has 1 aromatic heterocycles. The van der Waals surface area contributed by atoms with Crippen LogP contribution in [-0.4, -0.2) is 9.97 Å². The summed E-state index contributed by atoms with van der Waals surface area (Å²) in [5.41, 5.74) is 3.00. The number of halogens is 2. The quantitative estimate of drug-likeness (QED) is 0.748. The van der Waals surface area contributed by atoms with Gasteiger partial charge in [0.05, 0.1) is 0 Å². The van der Waals surface area contributed by atoms with E-state index in [1.807, 2.05) is 31.2 Å². The van der Waals surface area contributed by atoms with Crippen molar-refractivity contribution in [3.63, 3.8) is 0 Å². The van der Waals surface area contributed by atoms with Crippen molar-refractivity contribution in [3.8, 4) is 11.4 Å². The maximum absolute atomic E-state index is 6.13. The highest BCUT2D eigenvalue weighted by Crippen LogP contribution is 2.40. The molecule has 4 heteroatoms. The maximum atomic E-state index is 6.13. The third-order valence-corrected chi connectivity index (χ3v) is 3.74. The van der Waals surface area contributed by atoms with E-state index in [4.69, 9.17) is 23.2 Å². The summed E-state index contributed by atoms with van der Waals surface area (Å²) in [7, 11) is 0. The van der Waals surface area contributed by atoms with Crippen LogP contribution in [0, 0.1) is 6.92 Å². The van der Waals surface area contributed by atoms with E-state index in [0.29, 0.717) is 16.9 Å². The first-order valence-electron chi connectivity index (χ1n) is 5.94. The molecule has 0 saturated heterocycles. The van der Waals surface area contributed by atoms with Gasteiger partial charge in [0.1, 0.15) is 5.15 Å².